The van der Waals surface area contributed by atoms with Crippen LogP contribution in [0.25, 0.3) is 0 Å². The molecule has 0 aromatic heterocycles. The van der Waals surface area contributed by atoms with Gasteiger partial charge < -0.3 is 10.2 Å². The van der Waals surface area contributed by atoms with E-state index in [4.69, 9.17) is 10.2 Å². The zero-order valence-electron chi connectivity index (χ0n) is 5.62. The summed E-state index contributed by atoms with van der Waals surface area (Å²) in [6.45, 7) is 2.05. The van der Waals surface area contributed by atoms with Crippen LogP contribution in [0.4, 0.5) is 0 Å². The highest BCUT2D eigenvalue weighted by Gasteiger charge is 2.05. The molecule has 9 heavy (non-hydrogen) atoms. The Labute approximate surface area is 61.3 Å². The Kier molecular flexibility index (Phi) is 5.24. The lowest BCUT2D eigenvalue weighted by molar-refractivity contribution is -0.0452. The Balaban J connectivity index is 3.15. The molecule has 0 aliphatic carbocycles. The van der Waals surface area contributed by atoms with Crippen molar-refractivity contribution in [2.45, 2.75) is 37.7 Å². The molecular weight excluding hydrogens is 136 g/mol. The van der Waals surface area contributed by atoms with Gasteiger partial charge in [-0.05, 0) is 6.42 Å². The summed E-state index contributed by atoms with van der Waals surface area (Å²) in [5, 5.41) is 17.0. The third-order valence-electron chi connectivity index (χ3n) is 1.10. The van der Waals surface area contributed by atoms with E-state index in [9.17, 15) is 0 Å². The number of thiol groups is 1. The van der Waals surface area contributed by atoms with E-state index in [-0.39, 0.29) is 5.25 Å². The van der Waals surface area contributed by atoms with Crippen molar-refractivity contribution < 1.29 is 10.2 Å². The van der Waals surface area contributed by atoms with E-state index in [2.05, 4.69) is 12.6 Å². The molecule has 0 radical (unpaired) electrons. The Morgan fingerprint density at radius 1 is 1.44 bits per heavy atom. The summed E-state index contributed by atoms with van der Waals surface area (Å²) >= 11 is 4.13. The summed E-state index contributed by atoms with van der Waals surface area (Å²) < 4.78 is 0. The fourth-order valence-corrected chi connectivity index (χ4v) is 1.14. The zero-order chi connectivity index (χ0) is 7.28. The normalized spacial score (nSPS) is 14.3. The van der Waals surface area contributed by atoms with Gasteiger partial charge in [-0.1, -0.05) is 13.3 Å². The molecule has 2 N–H and O–H groups in total. The van der Waals surface area contributed by atoms with Gasteiger partial charge in [0.25, 0.3) is 0 Å². The number of rotatable bonds is 4. The van der Waals surface area contributed by atoms with Crippen molar-refractivity contribution >= 4 is 12.6 Å². The third kappa shape index (κ3) is 6.15. The molecule has 2 nitrogen and oxygen atoms in total. The highest BCUT2D eigenvalue weighted by molar-refractivity contribution is 7.80. The standard InChI is InChI=1S/C6H14O2S/c1-2-3-5(9)4-6(7)8/h5-9H,2-4H2,1H3/t5-/m0/s1. The first-order valence-electron chi connectivity index (χ1n) is 3.21. The molecule has 0 saturated heterocycles. The van der Waals surface area contributed by atoms with E-state index in [1.54, 1.807) is 0 Å². The average molecular weight is 150 g/mol. The summed E-state index contributed by atoms with van der Waals surface area (Å²) in [7, 11) is 0. The van der Waals surface area contributed by atoms with E-state index < -0.39 is 6.29 Å². The first kappa shape index (κ1) is 9.27. The zero-order valence-corrected chi connectivity index (χ0v) is 6.51. The van der Waals surface area contributed by atoms with Gasteiger partial charge >= 0.3 is 0 Å². The van der Waals surface area contributed by atoms with Crippen molar-refractivity contribution in [1.29, 1.82) is 0 Å². The van der Waals surface area contributed by atoms with E-state index in [1.807, 2.05) is 6.92 Å². The summed E-state index contributed by atoms with van der Waals surface area (Å²) in [6, 6.07) is 0. The second-order valence-corrected chi connectivity index (χ2v) is 2.89. The van der Waals surface area contributed by atoms with Crippen LogP contribution in [0.3, 0.4) is 0 Å². The molecule has 0 amide bonds. The van der Waals surface area contributed by atoms with Crippen LogP contribution < -0.4 is 0 Å². The molecule has 0 aromatic carbocycles. The van der Waals surface area contributed by atoms with Crippen LogP contribution in [-0.2, 0) is 0 Å². The predicted octanol–water partition coefficient (Wildman–Crippen LogP) is 0.786. The molecule has 0 aliphatic heterocycles. The van der Waals surface area contributed by atoms with Crippen LogP contribution in [0.15, 0.2) is 0 Å². The molecule has 0 fully saturated rings. The average Bonchev–Trinajstić information content (AvgIpc) is 1.63. The minimum absolute atomic E-state index is 0.134. The molecular formula is C6H14O2S. The molecule has 0 saturated carbocycles. The molecule has 0 rings (SSSR count). The van der Waals surface area contributed by atoms with E-state index >= 15 is 0 Å². The topological polar surface area (TPSA) is 40.5 Å². The quantitative estimate of drug-likeness (QED) is 0.409. The lowest BCUT2D eigenvalue weighted by Gasteiger charge is -2.09. The van der Waals surface area contributed by atoms with Gasteiger partial charge in [-0.2, -0.15) is 12.6 Å². The number of hydrogen-bond acceptors (Lipinski definition) is 3. The Bertz CT molecular complexity index is 66.1. The van der Waals surface area contributed by atoms with Crippen molar-refractivity contribution in [2.24, 2.45) is 0 Å². The predicted molar refractivity (Wildman–Crippen MR) is 40.5 cm³/mol. The second kappa shape index (κ2) is 5.09. The Morgan fingerprint density at radius 3 is 2.33 bits per heavy atom. The first-order chi connectivity index (χ1) is 4.16. The highest BCUT2D eigenvalue weighted by Crippen LogP contribution is 2.09. The van der Waals surface area contributed by atoms with Gasteiger partial charge in [-0.25, -0.2) is 0 Å². The Hall–Kier alpha value is 0.270. The summed E-state index contributed by atoms with van der Waals surface area (Å²) in [5.74, 6) is 0. The van der Waals surface area contributed by atoms with Crippen LogP contribution in [0, 0.1) is 0 Å². The molecule has 0 aliphatic rings. The molecule has 0 bridgehead atoms. The number of hydrogen-bond donors (Lipinski definition) is 3. The lowest BCUT2D eigenvalue weighted by Crippen LogP contribution is -2.12. The van der Waals surface area contributed by atoms with Crippen LogP contribution in [0.5, 0.6) is 0 Å². The molecule has 0 heterocycles. The van der Waals surface area contributed by atoms with Gasteiger partial charge in [0.05, 0.1) is 0 Å². The molecule has 0 unspecified atom stereocenters. The first-order valence-corrected chi connectivity index (χ1v) is 3.72. The summed E-state index contributed by atoms with van der Waals surface area (Å²) in [5.41, 5.74) is 0. The third-order valence-corrected chi connectivity index (χ3v) is 1.57. The van der Waals surface area contributed by atoms with E-state index in [0.29, 0.717) is 6.42 Å². The van der Waals surface area contributed by atoms with Gasteiger partial charge in [-0.3, -0.25) is 0 Å². The Morgan fingerprint density at radius 2 is 2.00 bits per heavy atom. The lowest BCUT2D eigenvalue weighted by atomic mass is 10.2. The SMILES string of the molecule is CCC[C@H](S)CC(O)O. The molecule has 0 aromatic rings. The fourth-order valence-electron chi connectivity index (χ4n) is 0.694. The van der Waals surface area contributed by atoms with Gasteiger partial charge in [0, 0.05) is 11.7 Å². The maximum Gasteiger partial charge on any atom is 0.152 e. The monoisotopic (exact) mass is 150 g/mol. The maximum absolute atomic E-state index is 8.46. The van der Waals surface area contributed by atoms with Crippen molar-refractivity contribution in [3.05, 3.63) is 0 Å². The summed E-state index contributed by atoms with van der Waals surface area (Å²) in [4.78, 5) is 0. The van der Waals surface area contributed by atoms with Crippen molar-refractivity contribution in [3.63, 3.8) is 0 Å². The minimum atomic E-state index is -1.20. The van der Waals surface area contributed by atoms with Crippen molar-refractivity contribution in [3.8, 4) is 0 Å². The summed E-state index contributed by atoms with van der Waals surface area (Å²) in [6.07, 6.45) is 1.16. The van der Waals surface area contributed by atoms with Crippen LogP contribution in [0.1, 0.15) is 26.2 Å². The van der Waals surface area contributed by atoms with Gasteiger partial charge in [-0.15, -0.1) is 0 Å². The van der Waals surface area contributed by atoms with E-state index in [0.717, 1.165) is 12.8 Å². The van der Waals surface area contributed by atoms with Crippen LogP contribution >= 0.6 is 12.6 Å². The number of aliphatic hydroxyl groups is 2. The van der Waals surface area contributed by atoms with E-state index in [1.165, 1.54) is 0 Å². The smallest absolute Gasteiger partial charge is 0.152 e. The fraction of sp³-hybridized carbons (Fsp3) is 1.00. The minimum Gasteiger partial charge on any atom is -0.368 e. The molecule has 0 spiro atoms. The molecule has 1 atom stereocenters. The van der Waals surface area contributed by atoms with Crippen molar-refractivity contribution in [1.82, 2.24) is 0 Å². The van der Waals surface area contributed by atoms with Crippen molar-refractivity contribution in [2.75, 3.05) is 0 Å². The second-order valence-electron chi connectivity index (χ2n) is 2.16. The van der Waals surface area contributed by atoms with Crippen LogP contribution in [-0.4, -0.2) is 21.8 Å². The molecule has 3 heteroatoms. The highest BCUT2D eigenvalue weighted by atomic mass is 32.1. The van der Waals surface area contributed by atoms with Crippen LogP contribution in [0.2, 0.25) is 0 Å². The maximum atomic E-state index is 8.46. The largest absolute Gasteiger partial charge is 0.368 e. The van der Waals surface area contributed by atoms with Gasteiger partial charge in [0.1, 0.15) is 0 Å². The molecule has 56 valence electrons. The van der Waals surface area contributed by atoms with Gasteiger partial charge in [0.15, 0.2) is 6.29 Å². The van der Waals surface area contributed by atoms with Gasteiger partial charge in [0.2, 0.25) is 0 Å². The number of aliphatic hydroxyl groups excluding tert-OH is 1.